The molecule has 3 rings (SSSR count). The Balaban J connectivity index is 1.95. The molecule has 2 aromatic carbocycles. The highest BCUT2D eigenvalue weighted by Gasteiger charge is 2.14. The second-order valence-corrected chi connectivity index (χ2v) is 6.43. The molecule has 1 aromatic heterocycles. The molecule has 0 atom stereocenters. The topological polar surface area (TPSA) is 45.2 Å². The maximum absolute atomic E-state index is 12.3. The summed E-state index contributed by atoms with van der Waals surface area (Å²) in [5.74, 6) is -0.158. The molecule has 1 N–H and O–H groups in total. The molecule has 0 aliphatic carbocycles. The summed E-state index contributed by atoms with van der Waals surface area (Å²) >= 11 is 0. The standard InChI is InChI=1S/C22H23N3O/c1-17(2)24-22(26)21-15-20(13-14-23-21)25(19-11-7-4-8-12-19)16-18-9-5-3-6-10-18/h3-15,17H,16H2,1-2H3,(H,24,26). The van der Waals surface area contributed by atoms with Gasteiger partial charge >= 0.3 is 0 Å². The van der Waals surface area contributed by atoms with E-state index in [9.17, 15) is 4.79 Å². The molecule has 4 nitrogen and oxygen atoms in total. The number of anilines is 2. The molecule has 0 saturated carbocycles. The minimum atomic E-state index is -0.158. The molecule has 0 aliphatic rings. The van der Waals surface area contributed by atoms with Gasteiger partial charge in [-0.3, -0.25) is 9.78 Å². The average molecular weight is 345 g/mol. The van der Waals surface area contributed by atoms with Crippen LogP contribution in [0.4, 0.5) is 11.4 Å². The lowest BCUT2D eigenvalue weighted by molar-refractivity contribution is 0.0938. The Morgan fingerprint density at radius 3 is 2.27 bits per heavy atom. The first-order chi connectivity index (χ1) is 12.6. The van der Waals surface area contributed by atoms with E-state index >= 15 is 0 Å². The lowest BCUT2D eigenvalue weighted by Crippen LogP contribution is -2.31. The monoisotopic (exact) mass is 345 g/mol. The fraction of sp³-hybridized carbons (Fsp3) is 0.182. The Kier molecular flexibility index (Phi) is 5.64. The first-order valence-electron chi connectivity index (χ1n) is 8.77. The molecular weight excluding hydrogens is 322 g/mol. The molecule has 0 spiro atoms. The van der Waals surface area contributed by atoms with E-state index in [0.717, 1.165) is 11.4 Å². The van der Waals surface area contributed by atoms with E-state index in [4.69, 9.17) is 0 Å². The molecule has 132 valence electrons. The number of amides is 1. The number of carbonyl (C=O) groups is 1. The second-order valence-electron chi connectivity index (χ2n) is 6.43. The largest absolute Gasteiger partial charge is 0.349 e. The molecule has 1 amide bonds. The van der Waals surface area contributed by atoms with Crippen LogP contribution in [0.1, 0.15) is 29.9 Å². The maximum Gasteiger partial charge on any atom is 0.270 e. The van der Waals surface area contributed by atoms with Crippen molar-refractivity contribution in [2.75, 3.05) is 4.90 Å². The van der Waals surface area contributed by atoms with Gasteiger partial charge in [0.1, 0.15) is 5.69 Å². The van der Waals surface area contributed by atoms with Crippen molar-refractivity contribution in [3.63, 3.8) is 0 Å². The number of pyridine rings is 1. The zero-order valence-electron chi connectivity index (χ0n) is 15.1. The van der Waals surface area contributed by atoms with Crippen molar-refractivity contribution in [2.24, 2.45) is 0 Å². The predicted octanol–water partition coefficient (Wildman–Crippen LogP) is 4.56. The molecule has 0 bridgehead atoms. The van der Waals surface area contributed by atoms with Crippen LogP contribution in [0.2, 0.25) is 0 Å². The van der Waals surface area contributed by atoms with Gasteiger partial charge in [-0.1, -0.05) is 48.5 Å². The van der Waals surface area contributed by atoms with Gasteiger partial charge in [0.05, 0.1) is 0 Å². The van der Waals surface area contributed by atoms with Crippen LogP contribution in [0.5, 0.6) is 0 Å². The Hall–Kier alpha value is -3.14. The van der Waals surface area contributed by atoms with Crippen molar-refractivity contribution in [1.82, 2.24) is 10.3 Å². The summed E-state index contributed by atoms with van der Waals surface area (Å²) in [5.41, 5.74) is 3.62. The van der Waals surface area contributed by atoms with Gasteiger partial charge in [-0.2, -0.15) is 0 Å². The van der Waals surface area contributed by atoms with Gasteiger partial charge in [0, 0.05) is 30.2 Å². The van der Waals surface area contributed by atoms with Gasteiger partial charge in [-0.05, 0) is 43.7 Å². The summed E-state index contributed by atoms with van der Waals surface area (Å²) in [5, 5.41) is 2.89. The van der Waals surface area contributed by atoms with Crippen LogP contribution in [0.25, 0.3) is 0 Å². The molecule has 3 aromatic rings. The number of para-hydroxylation sites is 1. The van der Waals surface area contributed by atoms with Crippen molar-refractivity contribution in [1.29, 1.82) is 0 Å². The zero-order chi connectivity index (χ0) is 18.4. The van der Waals surface area contributed by atoms with E-state index in [1.165, 1.54) is 5.56 Å². The molecule has 0 saturated heterocycles. The van der Waals surface area contributed by atoms with Crippen LogP contribution in [-0.4, -0.2) is 16.9 Å². The van der Waals surface area contributed by atoms with Gasteiger partial charge in [-0.25, -0.2) is 0 Å². The number of rotatable bonds is 6. The van der Waals surface area contributed by atoms with Crippen molar-refractivity contribution in [2.45, 2.75) is 26.4 Å². The highest BCUT2D eigenvalue weighted by Crippen LogP contribution is 2.27. The molecule has 1 heterocycles. The van der Waals surface area contributed by atoms with Crippen LogP contribution in [-0.2, 0) is 6.54 Å². The van der Waals surface area contributed by atoms with Crippen LogP contribution in [0.15, 0.2) is 79.0 Å². The molecule has 0 fully saturated rings. The molecule has 0 unspecified atom stereocenters. The normalized spacial score (nSPS) is 10.6. The number of hydrogen-bond acceptors (Lipinski definition) is 3. The molecule has 0 aliphatic heterocycles. The van der Waals surface area contributed by atoms with Crippen molar-refractivity contribution in [3.8, 4) is 0 Å². The van der Waals surface area contributed by atoms with Crippen LogP contribution < -0.4 is 10.2 Å². The smallest absolute Gasteiger partial charge is 0.270 e. The van der Waals surface area contributed by atoms with E-state index in [-0.39, 0.29) is 11.9 Å². The summed E-state index contributed by atoms with van der Waals surface area (Å²) in [6, 6.07) is 24.3. The van der Waals surface area contributed by atoms with Crippen molar-refractivity contribution >= 4 is 17.3 Å². The second kappa shape index (κ2) is 8.30. The fourth-order valence-corrected chi connectivity index (χ4v) is 2.75. The van der Waals surface area contributed by atoms with Gasteiger partial charge in [0.2, 0.25) is 0 Å². The van der Waals surface area contributed by atoms with Gasteiger partial charge in [0.25, 0.3) is 5.91 Å². The lowest BCUT2D eigenvalue weighted by atomic mass is 10.1. The number of carbonyl (C=O) groups excluding carboxylic acids is 1. The third kappa shape index (κ3) is 4.48. The van der Waals surface area contributed by atoms with Crippen LogP contribution in [0.3, 0.4) is 0 Å². The third-order valence-corrected chi connectivity index (χ3v) is 3.96. The summed E-state index contributed by atoms with van der Waals surface area (Å²) < 4.78 is 0. The van der Waals surface area contributed by atoms with Crippen LogP contribution in [0, 0.1) is 0 Å². The summed E-state index contributed by atoms with van der Waals surface area (Å²) in [4.78, 5) is 18.8. The summed E-state index contributed by atoms with van der Waals surface area (Å²) in [7, 11) is 0. The number of hydrogen-bond donors (Lipinski definition) is 1. The average Bonchev–Trinajstić information content (AvgIpc) is 2.67. The number of nitrogens with one attached hydrogen (secondary N) is 1. The number of benzene rings is 2. The Morgan fingerprint density at radius 2 is 1.62 bits per heavy atom. The maximum atomic E-state index is 12.3. The predicted molar refractivity (Wildman–Crippen MR) is 106 cm³/mol. The highest BCUT2D eigenvalue weighted by atomic mass is 16.1. The van der Waals surface area contributed by atoms with Gasteiger partial charge in [-0.15, -0.1) is 0 Å². The number of aromatic nitrogens is 1. The van der Waals surface area contributed by atoms with Crippen molar-refractivity contribution < 1.29 is 4.79 Å². The first-order valence-corrected chi connectivity index (χ1v) is 8.77. The molecule has 0 radical (unpaired) electrons. The molecular formula is C22H23N3O. The highest BCUT2D eigenvalue weighted by molar-refractivity contribution is 5.93. The third-order valence-electron chi connectivity index (χ3n) is 3.96. The Bertz CT molecular complexity index is 848. The van der Waals surface area contributed by atoms with E-state index in [2.05, 4.69) is 39.5 Å². The fourth-order valence-electron chi connectivity index (χ4n) is 2.75. The van der Waals surface area contributed by atoms with Gasteiger partial charge < -0.3 is 10.2 Å². The quantitative estimate of drug-likeness (QED) is 0.712. The molecule has 26 heavy (non-hydrogen) atoms. The first kappa shape index (κ1) is 17.7. The Morgan fingerprint density at radius 1 is 0.962 bits per heavy atom. The minimum Gasteiger partial charge on any atom is -0.349 e. The SMILES string of the molecule is CC(C)NC(=O)c1cc(N(Cc2ccccc2)c2ccccc2)ccn1. The van der Waals surface area contributed by atoms with E-state index in [1.54, 1.807) is 6.20 Å². The van der Waals surface area contributed by atoms with Crippen molar-refractivity contribution in [3.05, 3.63) is 90.3 Å². The van der Waals surface area contributed by atoms with Gasteiger partial charge in [0.15, 0.2) is 0 Å². The Labute approximate surface area is 154 Å². The summed E-state index contributed by atoms with van der Waals surface area (Å²) in [6.07, 6.45) is 1.69. The minimum absolute atomic E-state index is 0.0718. The molecule has 4 heteroatoms. The lowest BCUT2D eigenvalue weighted by Gasteiger charge is -2.25. The van der Waals surface area contributed by atoms with E-state index in [0.29, 0.717) is 12.2 Å². The number of nitrogens with zero attached hydrogens (tertiary/aromatic N) is 2. The van der Waals surface area contributed by atoms with E-state index < -0.39 is 0 Å². The van der Waals surface area contributed by atoms with Crippen LogP contribution >= 0.6 is 0 Å². The van der Waals surface area contributed by atoms with E-state index in [1.807, 2.05) is 62.4 Å². The summed E-state index contributed by atoms with van der Waals surface area (Å²) in [6.45, 7) is 4.58. The zero-order valence-corrected chi connectivity index (χ0v) is 15.1.